The van der Waals surface area contributed by atoms with E-state index in [1.165, 1.54) is 6.92 Å². The first-order chi connectivity index (χ1) is 12.0. The molecule has 0 aliphatic carbocycles. The van der Waals surface area contributed by atoms with Crippen LogP contribution in [0.4, 0.5) is 0 Å². The lowest BCUT2D eigenvalue weighted by Crippen LogP contribution is -2.42. The van der Waals surface area contributed by atoms with Gasteiger partial charge < -0.3 is 14.4 Å². The summed E-state index contributed by atoms with van der Waals surface area (Å²) in [5.41, 5.74) is 1.68. The monoisotopic (exact) mass is 334 g/mol. The molecule has 2 aromatic heterocycles. The largest absolute Gasteiger partial charge is 0.458 e. The molecule has 2 aliphatic rings. The normalized spacial score (nSPS) is 20.8. The van der Waals surface area contributed by atoms with Crippen molar-refractivity contribution in [1.82, 2.24) is 9.55 Å². The summed E-state index contributed by atoms with van der Waals surface area (Å²) in [5.74, 6) is -0.742. The van der Waals surface area contributed by atoms with Gasteiger partial charge in [0, 0.05) is 16.5 Å². The maximum absolute atomic E-state index is 12.9. The van der Waals surface area contributed by atoms with E-state index in [1.54, 1.807) is 10.6 Å². The average Bonchev–Trinajstić information content (AvgIpc) is 2.95. The number of hydrogen-bond donors (Lipinski definition) is 1. The highest BCUT2D eigenvalue weighted by atomic mass is 16.6. The summed E-state index contributed by atoms with van der Waals surface area (Å²) in [6.45, 7) is 1.66. The molecule has 124 valence electrons. The van der Waals surface area contributed by atoms with Crippen LogP contribution in [0.1, 0.15) is 23.6 Å². The van der Waals surface area contributed by atoms with Crippen LogP contribution in [0.15, 0.2) is 41.2 Å². The summed E-state index contributed by atoms with van der Waals surface area (Å²) in [7, 11) is 0. The number of esters is 1. The molecule has 3 aromatic rings. The quantitative estimate of drug-likeness (QED) is 0.495. The SMILES string of the molecule is C[C@@]1(O)C(=O)OCc2c1cc1n(c2=O)Cc2cc3ccccc3nc2-1. The van der Waals surface area contributed by atoms with Gasteiger partial charge in [-0.05, 0) is 25.1 Å². The molecule has 0 bridgehead atoms. The molecule has 0 spiro atoms. The van der Waals surface area contributed by atoms with E-state index in [9.17, 15) is 14.7 Å². The molecule has 0 saturated carbocycles. The predicted octanol–water partition coefficient (Wildman–Crippen LogP) is 1.69. The van der Waals surface area contributed by atoms with Crippen LogP contribution in [0.2, 0.25) is 0 Å². The van der Waals surface area contributed by atoms with Crippen molar-refractivity contribution in [1.29, 1.82) is 0 Å². The number of pyridine rings is 2. The van der Waals surface area contributed by atoms with Crippen LogP contribution in [-0.2, 0) is 28.3 Å². The molecule has 6 nitrogen and oxygen atoms in total. The molecule has 4 heterocycles. The highest BCUT2D eigenvalue weighted by molar-refractivity contribution is 5.86. The third kappa shape index (κ3) is 1.80. The summed E-state index contributed by atoms with van der Waals surface area (Å²) >= 11 is 0. The number of para-hydroxylation sites is 1. The van der Waals surface area contributed by atoms with Crippen LogP contribution >= 0.6 is 0 Å². The number of ether oxygens (including phenoxy) is 1. The zero-order valence-corrected chi connectivity index (χ0v) is 13.4. The number of cyclic esters (lactones) is 1. The Morgan fingerprint density at radius 1 is 1.24 bits per heavy atom. The van der Waals surface area contributed by atoms with Crippen molar-refractivity contribution in [3.63, 3.8) is 0 Å². The number of benzene rings is 1. The van der Waals surface area contributed by atoms with Gasteiger partial charge in [-0.15, -0.1) is 0 Å². The lowest BCUT2D eigenvalue weighted by Gasteiger charge is -2.29. The van der Waals surface area contributed by atoms with Gasteiger partial charge >= 0.3 is 5.97 Å². The fourth-order valence-corrected chi connectivity index (χ4v) is 3.68. The number of carbonyl (C=O) groups is 1. The second kappa shape index (κ2) is 4.55. The van der Waals surface area contributed by atoms with E-state index in [1.807, 2.05) is 30.3 Å². The van der Waals surface area contributed by atoms with Gasteiger partial charge in [-0.2, -0.15) is 0 Å². The Balaban J connectivity index is 1.82. The third-order valence-corrected chi connectivity index (χ3v) is 5.04. The first-order valence-corrected chi connectivity index (χ1v) is 8.02. The zero-order valence-electron chi connectivity index (χ0n) is 13.4. The number of hydrogen-bond acceptors (Lipinski definition) is 5. The predicted molar refractivity (Wildman–Crippen MR) is 89.9 cm³/mol. The van der Waals surface area contributed by atoms with Crippen LogP contribution in [0.25, 0.3) is 22.3 Å². The Morgan fingerprint density at radius 3 is 2.88 bits per heavy atom. The molecule has 1 N–H and O–H groups in total. The highest BCUT2D eigenvalue weighted by Gasteiger charge is 2.42. The van der Waals surface area contributed by atoms with Crippen LogP contribution < -0.4 is 5.56 Å². The van der Waals surface area contributed by atoms with Gasteiger partial charge in [-0.1, -0.05) is 18.2 Å². The first-order valence-electron chi connectivity index (χ1n) is 8.02. The second-order valence-corrected chi connectivity index (χ2v) is 6.65. The third-order valence-electron chi connectivity index (χ3n) is 5.04. The van der Waals surface area contributed by atoms with E-state index >= 15 is 0 Å². The first kappa shape index (κ1) is 14.4. The van der Waals surface area contributed by atoms with Crippen molar-refractivity contribution >= 4 is 16.9 Å². The van der Waals surface area contributed by atoms with Gasteiger partial charge in [0.05, 0.1) is 29.0 Å². The zero-order chi connectivity index (χ0) is 17.3. The maximum Gasteiger partial charge on any atom is 0.342 e. The Labute approximate surface area is 142 Å². The summed E-state index contributed by atoms with van der Waals surface area (Å²) in [5, 5.41) is 11.5. The second-order valence-electron chi connectivity index (χ2n) is 6.65. The van der Waals surface area contributed by atoms with Crippen LogP contribution in [0.5, 0.6) is 0 Å². The fourth-order valence-electron chi connectivity index (χ4n) is 3.68. The molecule has 0 saturated heterocycles. The van der Waals surface area contributed by atoms with Crippen molar-refractivity contribution in [2.45, 2.75) is 25.7 Å². The molecule has 25 heavy (non-hydrogen) atoms. The van der Waals surface area contributed by atoms with Gasteiger partial charge in [-0.25, -0.2) is 9.78 Å². The van der Waals surface area contributed by atoms with Gasteiger partial charge in [-0.3, -0.25) is 4.79 Å². The van der Waals surface area contributed by atoms with Gasteiger partial charge in [0.15, 0.2) is 5.60 Å². The molecular weight excluding hydrogens is 320 g/mol. The van der Waals surface area contributed by atoms with Gasteiger partial charge in [0.2, 0.25) is 0 Å². The standard InChI is InChI=1S/C19H14N2O4/c1-19(24)13-7-15-16-11(6-10-4-2-3-5-14(10)20-16)8-21(15)17(22)12(13)9-25-18(19)23/h2-7,24H,8-9H2,1H3/t19-/m0/s1. The number of rotatable bonds is 0. The number of aliphatic hydroxyl groups is 1. The number of fused-ring (bicyclic) bond motifs is 5. The van der Waals surface area contributed by atoms with E-state index in [0.717, 1.165) is 16.5 Å². The minimum atomic E-state index is -1.83. The lowest BCUT2D eigenvalue weighted by molar-refractivity contribution is -0.169. The molecule has 6 heteroatoms. The topological polar surface area (TPSA) is 81.4 Å². The number of aromatic nitrogens is 2. The molecule has 1 aromatic carbocycles. The maximum atomic E-state index is 12.9. The highest BCUT2D eigenvalue weighted by Crippen LogP contribution is 2.36. The molecular formula is C19H14N2O4. The van der Waals surface area contributed by atoms with Gasteiger partial charge in [0.25, 0.3) is 5.56 Å². The smallest absolute Gasteiger partial charge is 0.342 e. The molecule has 0 amide bonds. The van der Waals surface area contributed by atoms with Crippen molar-refractivity contribution < 1.29 is 14.6 Å². The van der Waals surface area contributed by atoms with E-state index in [-0.39, 0.29) is 12.2 Å². The van der Waals surface area contributed by atoms with Gasteiger partial charge in [0.1, 0.15) is 6.61 Å². The van der Waals surface area contributed by atoms with Crippen molar-refractivity contribution in [2.24, 2.45) is 0 Å². The van der Waals surface area contributed by atoms with Crippen LogP contribution in [0.3, 0.4) is 0 Å². The molecule has 5 rings (SSSR count). The van der Waals surface area contributed by atoms with Crippen LogP contribution in [0, 0.1) is 0 Å². The molecule has 0 fully saturated rings. The Bertz CT molecular complexity index is 1140. The lowest BCUT2D eigenvalue weighted by atomic mass is 9.90. The minimum Gasteiger partial charge on any atom is -0.458 e. The van der Waals surface area contributed by atoms with Crippen molar-refractivity contribution in [2.75, 3.05) is 0 Å². The molecule has 0 unspecified atom stereocenters. The van der Waals surface area contributed by atoms with Crippen molar-refractivity contribution in [3.05, 3.63) is 63.4 Å². The molecule has 1 atom stereocenters. The summed E-state index contributed by atoms with van der Waals surface area (Å²) in [6.07, 6.45) is 0. The fraction of sp³-hybridized carbons (Fsp3) is 0.211. The van der Waals surface area contributed by atoms with E-state index in [0.29, 0.717) is 29.1 Å². The number of carbonyl (C=O) groups excluding carboxylic acids is 1. The van der Waals surface area contributed by atoms with E-state index in [4.69, 9.17) is 9.72 Å². The number of nitrogens with zero attached hydrogens (tertiary/aromatic N) is 2. The van der Waals surface area contributed by atoms with E-state index in [2.05, 4.69) is 0 Å². The molecule has 2 aliphatic heterocycles. The molecule has 0 radical (unpaired) electrons. The van der Waals surface area contributed by atoms with Crippen molar-refractivity contribution in [3.8, 4) is 11.4 Å². The summed E-state index contributed by atoms with van der Waals surface area (Å²) in [6, 6.07) is 11.5. The van der Waals surface area contributed by atoms with E-state index < -0.39 is 11.6 Å². The Morgan fingerprint density at radius 2 is 2.04 bits per heavy atom. The average molecular weight is 334 g/mol. The summed E-state index contributed by atoms with van der Waals surface area (Å²) < 4.78 is 6.61. The Kier molecular flexibility index (Phi) is 2.61. The summed E-state index contributed by atoms with van der Waals surface area (Å²) in [4.78, 5) is 29.5. The minimum absolute atomic E-state index is 0.116. The Hall–Kier alpha value is -2.99. The van der Waals surface area contributed by atoms with Crippen LogP contribution in [-0.4, -0.2) is 20.6 Å².